The van der Waals surface area contributed by atoms with E-state index in [2.05, 4.69) is 32.3 Å². The van der Waals surface area contributed by atoms with E-state index in [1.54, 1.807) is 0 Å². The fourth-order valence-electron chi connectivity index (χ4n) is 2.53. The molecule has 0 amide bonds. The minimum Gasteiger partial charge on any atom is -0.368 e. The summed E-state index contributed by atoms with van der Waals surface area (Å²) in [7, 11) is 0. The third-order valence-corrected chi connectivity index (χ3v) is 3.93. The van der Waals surface area contributed by atoms with Crippen molar-refractivity contribution in [1.82, 2.24) is 4.98 Å². The van der Waals surface area contributed by atoms with Crippen molar-refractivity contribution >= 4 is 28.9 Å². The van der Waals surface area contributed by atoms with Crippen LogP contribution >= 0.6 is 11.6 Å². The lowest BCUT2D eigenvalue weighted by Gasteiger charge is -2.36. The van der Waals surface area contributed by atoms with Crippen molar-refractivity contribution < 1.29 is 0 Å². The van der Waals surface area contributed by atoms with E-state index in [-0.39, 0.29) is 0 Å². The molecule has 1 aliphatic rings. The van der Waals surface area contributed by atoms with Crippen LogP contribution in [0.5, 0.6) is 0 Å². The highest BCUT2D eigenvalue weighted by atomic mass is 35.5. The Morgan fingerprint density at radius 1 is 0.952 bits per heavy atom. The van der Waals surface area contributed by atoms with Gasteiger partial charge in [-0.05, 0) is 36.4 Å². The second-order valence-corrected chi connectivity index (χ2v) is 5.41. The number of nitrogens with one attached hydrogen (secondary N) is 1. The number of hydrazine groups is 1. The molecule has 2 aromatic rings. The molecule has 0 saturated carbocycles. The van der Waals surface area contributed by atoms with Gasteiger partial charge in [0.15, 0.2) is 0 Å². The molecule has 0 bridgehead atoms. The van der Waals surface area contributed by atoms with Crippen molar-refractivity contribution in [1.29, 1.82) is 0 Å². The van der Waals surface area contributed by atoms with E-state index in [4.69, 9.17) is 17.4 Å². The highest BCUT2D eigenvalue weighted by Crippen LogP contribution is 2.21. The summed E-state index contributed by atoms with van der Waals surface area (Å²) in [6, 6.07) is 13.8. The molecular formula is C15H18ClN5. The first-order valence-electron chi connectivity index (χ1n) is 6.95. The number of anilines is 3. The zero-order valence-electron chi connectivity index (χ0n) is 11.7. The van der Waals surface area contributed by atoms with Crippen molar-refractivity contribution in [3.05, 3.63) is 47.5 Å². The zero-order chi connectivity index (χ0) is 14.7. The molecule has 0 aliphatic carbocycles. The van der Waals surface area contributed by atoms with E-state index in [1.165, 1.54) is 5.69 Å². The number of hydrogen-bond donors (Lipinski definition) is 2. The van der Waals surface area contributed by atoms with Crippen LogP contribution in [0.25, 0.3) is 0 Å². The van der Waals surface area contributed by atoms with E-state index >= 15 is 0 Å². The Morgan fingerprint density at radius 3 is 2.29 bits per heavy atom. The van der Waals surface area contributed by atoms with Gasteiger partial charge in [0.25, 0.3) is 0 Å². The van der Waals surface area contributed by atoms with Crippen LogP contribution in [0.3, 0.4) is 0 Å². The maximum Gasteiger partial charge on any atom is 0.142 e. The van der Waals surface area contributed by atoms with Crippen LogP contribution in [0, 0.1) is 0 Å². The standard InChI is InChI=1S/C15H18ClN5/c16-12-4-6-13(7-5-12)20-8-10-21(11-9-20)15-3-1-2-14(18-15)19-17/h1-7H,8-11,17H2,(H,18,19). The molecule has 6 heteroatoms. The number of nitrogens with zero attached hydrogens (tertiary/aromatic N) is 3. The number of hydrogen-bond acceptors (Lipinski definition) is 5. The van der Waals surface area contributed by atoms with Crippen LogP contribution in [0.1, 0.15) is 0 Å². The van der Waals surface area contributed by atoms with Crippen LogP contribution in [0.2, 0.25) is 5.02 Å². The molecule has 1 aliphatic heterocycles. The summed E-state index contributed by atoms with van der Waals surface area (Å²) in [4.78, 5) is 9.11. The molecule has 3 N–H and O–H groups in total. The third kappa shape index (κ3) is 3.20. The SMILES string of the molecule is NNc1cccc(N2CCN(c3ccc(Cl)cc3)CC2)n1. The molecule has 0 radical (unpaired) electrons. The fourth-order valence-corrected chi connectivity index (χ4v) is 2.65. The quantitative estimate of drug-likeness (QED) is 0.673. The molecule has 110 valence electrons. The van der Waals surface area contributed by atoms with Gasteiger partial charge in [-0.15, -0.1) is 0 Å². The highest BCUT2D eigenvalue weighted by Gasteiger charge is 2.18. The number of piperazine rings is 1. The molecule has 21 heavy (non-hydrogen) atoms. The van der Waals surface area contributed by atoms with Crippen molar-refractivity contribution in [2.24, 2.45) is 5.84 Å². The van der Waals surface area contributed by atoms with Crippen LogP contribution in [-0.2, 0) is 0 Å². The summed E-state index contributed by atoms with van der Waals surface area (Å²) in [5.41, 5.74) is 3.80. The Bertz CT molecular complexity index is 593. The first-order valence-corrected chi connectivity index (χ1v) is 7.33. The molecule has 1 fully saturated rings. The van der Waals surface area contributed by atoms with E-state index in [1.807, 2.05) is 30.3 Å². The predicted molar refractivity (Wildman–Crippen MR) is 87.9 cm³/mol. The van der Waals surface area contributed by atoms with Crippen LogP contribution in [0.15, 0.2) is 42.5 Å². The lowest BCUT2D eigenvalue weighted by atomic mass is 10.2. The number of rotatable bonds is 3. The largest absolute Gasteiger partial charge is 0.368 e. The van der Waals surface area contributed by atoms with Crippen LogP contribution < -0.4 is 21.1 Å². The predicted octanol–water partition coefficient (Wildman–Crippen LogP) is 2.35. The van der Waals surface area contributed by atoms with E-state index < -0.39 is 0 Å². The van der Waals surface area contributed by atoms with Crippen molar-refractivity contribution in [3.63, 3.8) is 0 Å². The maximum atomic E-state index is 5.93. The highest BCUT2D eigenvalue weighted by molar-refractivity contribution is 6.30. The molecule has 1 aromatic carbocycles. The summed E-state index contributed by atoms with van der Waals surface area (Å²) in [5.74, 6) is 7.06. The fraction of sp³-hybridized carbons (Fsp3) is 0.267. The molecule has 0 spiro atoms. The maximum absolute atomic E-state index is 5.93. The van der Waals surface area contributed by atoms with E-state index in [0.29, 0.717) is 5.82 Å². The minimum atomic E-state index is 0.688. The number of halogens is 1. The summed E-state index contributed by atoms with van der Waals surface area (Å²) >= 11 is 5.93. The van der Waals surface area contributed by atoms with Crippen molar-refractivity contribution in [2.75, 3.05) is 41.4 Å². The topological polar surface area (TPSA) is 57.4 Å². The average Bonchev–Trinajstić information content (AvgIpc) is 2.56. The number of nitrogens with two attached hydrogens (primary N) is 1. The number of pyridine rings is 1. The first kappa shape index (κ1) is 14.0. The monoisotopic (exact) mass is 303 g/mol. The zero-order valence-corrected chi connectivity index (χ0v) is 12.4. The smallest absolute Gasteiger partial charge is 0.142 e. The van der Waals surface area contributed by atoms with E-state index in [9.17, 15) is 0 Å². The van der Waals surface area contributed by atoms with Gasteiger partial charge in [-0.2, -0.15) is 0 Å². The van der Waals surface area contributed by atoms with Gasteiger partial charge in [0, 0.05) is 36.9 Å². The molecule has 3 rings (SSSR count). The lowest BCUT2D eigenvalue weighted by Crippen LogP contribution is -2.46. The molecule has 0 unspecified atom stereocenters. The average molecular weight is 304 g/mol. The van der Waals surface area contributed by atoms with Gasteiger partial charge in [-0.1, -0.05) is 17.7 Å². The van der Waals surface area contributed by atoms with Gasteiger partial charge in [-0.25, -0.2) is 10.8 Å². The third-order valence-electron chi connectivity index (χ3n) is 3.68. The molecule has 5 nitrogen and oxygen atoms in total. The Kier molecular flexibility index (Phi) is 4.13. The normalized spacial score (nSPS) is 15.1. The summed E-state index contributed by atoms with van der Waals surface area (Å²) in [6.07, 6.45) is 0. The molecule has 1 aromatic heterocycles. The Balaban J connectivity index is 1.65. The second kappa shape index (κ2) is 6.20. The number of nitrogen functional groups attached to an aromatic ring is 1. The van der Waals surface area contributed by atoms with Gasteiger partial charge in [0.2, 0.25) is 0 Å². The van der Waals surface area contributed by atoms with Gasteiger partial charge in [-0.3, -0.25) is 0 Å². The van der Waals surface area contributed by atoms with Gasteiger partial charge < -0.3 is 15.2 Å². The first-order chi connectivity index (χ1) is 10.3. The van der Waals surface area contributed by atoms with Gasteiger partial charge in [0.05, 0.1) is 0 Å². The van der Waals surface area contributed by atoms with Crippen LogP contribution in [-0.4, -0.2) is 31.2 Å². The Morgan fingerprint density at radius 2 is 1.62 bits per heavy atom. The molecular weight excluding hydrogens is 286 g/mol. The Hall–Kier alpha value is -1.98. The summed E-state index contributed by atoms with van der Waals surface area (Å²) in [5, 5.41) is 0.771. The number of benzene rings is 1. The minimum absolute atomic E-state index is 0.688. The van der Waals surface area contributed by atoms with Crippen molar-refractivity contribution in [3.8, 4) is 0 Å². The number of aromatic nitrogens is 1. The van der Waals surface area contributed by atoms with Gasteiger partial charge >= 0.3 is 0 Å². The van der Waals surface area contributed by atoms with E-state index in [0.717, 1.165) is 37.0 Å². The molecule has 0 atom stereocenters. The lowest BCUT2D eigenvalue weighted by molar-refractivity contribution is 0.648. The molecule has 1 saturated heterocycles. The Labute approximate surface area is 129 Å². The van der Waals surface area contributed by atoms with Gasteiger partial charge in [0.1, 0.15) is 11.6 Å². The second-order valence-electron chi connectivity index (χ2n) is 4.98. The summed E-state index contributed by atoms with van der Waals surface area (Å²) < 4.78 is 0. The van der Waals surface area contributed by atoms with Crippen LogP contribution in [0.4, 0.5) is 17.3 Å². The van der Waals surface area contributed by atoms with Crippen molar-refractivity contribution in [2.45, 2.75) is 0 Å². The summed E-state index contributed by atoms with van der Waals surface area (Å²) in [6.45, 7) is 3.79. The molecule has 2 heterocycles.